The number of sulfonamides is 1. The number of nitrogens with one attached hydrogen (secondary N) is 3. The Bertz CT molecular complexity index is 1160. The zero-order chi connectivity index (χ0) is 22.4. The first kappa shape index (κ1) is 22.6. The van der Waals surface area contributed by atoms with Gasteiger partial charge in [-0.25, -0.2) is 8.42 Å². The SMILES string of the molecule is CCc1ccc(NC(=S)Nc2ccc(C)cc2S(=O)(=O)Nc2ccc(OC)cc2)cc1. The maximum Gasteiger partial charge on any atom is 0.263 e. The summed E-state index contributed by atoms with van der Waals surface area (Å²) in [5, 5.41) is 6.39. The Balaban J connectivity index is 1.80. The van der Waals surface area contributed by atoms with Crippen molar-refractivity contribution in [1.82, 2.24) is 0 Å². The average Bonchev–Trinajstić information content (AvgIpc) is 2.75. The van der Waals surface area contributed by atoms with Gasteiger partial charge in [-0.1, -0.05) is 25.1 Å². The molecule has 3 aromatic rings. The molecule has 0 saturated carbocycles. The van der Waals surface area contributed by atoms with Crippen molar-refractivity contribution in [2.45, 2.75) is 25.2 Å². The van der Waals surface area contributed by atoms with Crippen LogP contribution < -0.4 is 20.1 Å². The van der Waals surface area contributed by atoms with Gasteiger partial charge in [0.25, 0.3) is 10.0 Å². The number of hydrogen-bond acceptors (Lipinski definition) is 4. The lowest BCUT2D eigenvalue weighted by Gasteiger charge is -2.16. The van der Waals surface area contributed by atoms with Gasteiger partial charge in [0.2, 0.25) is 0 Å². The quantitative estimate of drug-likeness (QED) is 0.426. The van der Waals surface area contributed by atoms with Crippen LogP contribution in [-0.2, 0) is 16.4 Å². The highest BCUT2D eigenvalue weighted by Crippen LogP contribution is 2.26. The molecule has 0 aliphatic heterocycles. The molecule has 3 aromatic carbocycles. The van der Waals surface area contributed by atoms with Crippen LogP contribution in [0.2, 0.25) is 0 Å². The number of rotatable bonds is 7. The molecular weight excluding hydrogens is 430 g/mol. The number of methoxy groups -OCH3 is 1. The molecule has 6 nitrogen and oxygen atoms in total. The van der Waals surface area contributed by atoms with Crippen molar-refractivity contribution in [3.05, 3.63) is 77.9 Å². The Kier molecular flexibility index (Phi) is 7.14. The number of aryl methyl sites for hydroxylation is 2. The van der Waals surface area contributed by atoms with E-state index in [2.05, 4.69) is 22.3 Å². The second-order valence-corrected chi connectivity index (χ2v) is 9.02. The van der Waals surface area contributed by atoms with Gasteiger partial charge in [0.1, 0.15) is 10.6 Å². The first-order valence-electron chi connectivity index (χ1n) is 9.75. The molecule has 0 amide bonds. The first-order valence-corrected chi connectivity index (χ1v) is 11.6. The summed E-state index contributed by atoms with van der Waals surface area (Å²) in [6.07, 6.45) is 0.953. The van der Waals surface area contributed by atoms with E-state index < -0.39 is 10.0 Å². The summed E-state index contributed by atoms with van der Waals surface area (Å²) < 4.78 is 33.9. The Morgan fingerprint density at radius 2 is 1.58 bits per heavy atom. The molecular formula is C23H25N3O3S2. The van der Waals surface area contributed by atoms with Crippen molar-refractivity contribution >= 4 is 44.4 Å². The van der Waals surface area contributed by atoms with Gasteiger partial charge in [0, 0.05) is 11.4 Å². The van der Waals surface area contributed by atoms with Crippen molar-refractivity contribution in [2.75, 3.05) is 22.5 Å². The van der Waals surface area contributed by atoms with Crippen LogP contribution in [0.3, 0.4) is 0 Å². The molecule has 8 heteroatoms. The summed E-state index contributed by atoms with van der Waals surface area (Å²) in [6, 6.07) is 19.7. The van der Waals surface area contributed by atoms with Gasteiger partial charge < -0.3 is 15.4 Å². The Hall–Kier alpha value is -3.10. The normalized spacial score (nSPS) is 10.9. The van der Waals surface area contributed by atoms with Gasteiger partial charge in [0.15, 0.2) is 5.11 Å². The predicted octanol–water partition coefficient (Wildman–Crippen LogP) is 5.18. The molecule has 162 valence electrons. The van der Waals surface area contributed by atoms with Gasteiger partial charge in [-0.3, -0.25) is 4.72 Å². The van der Waals surface area contributed by atoms with Gasteiger partial charge in [-0.05, 0) is 85.2 Å². The van der Waals surface area contributed by atoms with E-state index >= 15 is 0 Å². The fourth-order valence-electron chi connectivity index (χ4n) is 2.93. The topological polar surface area (TPSA) is 79.5 Å². The highest BCUT2D eigenvalue weighted by molar-refractivity contribution is 7.93. The molecule has 0 heterocycles. The van der Waals surface area contributed by atoms with Gasteiger partial charge in [-0.2, -0.15) is 0 Å². The smallest absolute Gasteiger partial charge is 0.263 e. The summed E-state index contributed by atoms with van der Waals surface area (Å²) in [4.78, 5) is 0.105. The molecule has 0 fully saturated rings. The maximum absolute atomic E-state index is 13.1. The Morgan fingerprint density at radius 3 is 2.19 bits per heavy atom. The van der Waals surface area contributed by atoms with Crippen molar-refractivity contribution in [3.8, 4) is 5.75 Å². The molecule has 0 aromatic heterocycles. The Labute approximate surface area is 188 Å². The van der Waals surface area contributed by atoms with E-state index in [0.717, 1.165) is 17.7 Å². The molecule has 3 N–H and O–H groups in total. The summed E-state index contributed by atoms with van der Waals surface area (Å²) >= 11 is 5.40. The molecule has 0 bridgehead atoms. The standard InChI is InChI=1S/C23H25N3O3S2/c1-4-17-6-8-18(9-7-17)24-23(30)25-21-14-5-16(2)15-22(21)31(27,28)26-19-10-12-20(29-3)13-11-19/h5-15,26H,4H2,1-3H3,(H2,24,25,30). The second-order valence-electron chi connectivity index (χ2n) is 6.96. The fourth-order valence-corrected chi connectivity index (χ4v) is 4.47. The lowest BCUT2D eigenvalue weighted by molar-refractivity contribution is 0.415. The second kappa shape index (κ2) is 9.80. The molecule has 0 spiro atoms. The minimum absolute atomic E-state index is 0.105. The van der Waals surface area contributed by atoms with Crippen molar-refractivity contribution in [1.29, 1.82) is 0 Å². The zero-order valence-corrected chi connectivity index (χ0v) is 19.2. The van der Waals surface area contributed by atoms with Crippen molar-refractivity contribution < 1.29 is 13.2 Å². The number of benzene rings is 3. The van der Waals surface area contributed by atoms with E-state index in [4.69, 9.17) is 17.0 Å². The van der Waals surface area contributed by atoms with Gasteiger partial charge >= 0.3 is 0 Å². The van der Waals surface area contributed by atoms with E-state index in [1.54, 1.807) is 43.5 Å². The van der Waals surface area contributed by atoms with E-state index in [0.29, 0.717) is 22.2 Å². The predicted molar refractivity (Wildman–Crippen MR) is 131 cm³/mol. The fraction of sp³-hybridized carbons (Fsp3) is 0.174. The molecule has 0 unspecified atom stereocenters. The van der Waals surface area contributed by atoms with E-state index in [1.807, 2.05) is 37.3 Å². The minimum atomic E-state index is -3.85. The molecule has 0 radical (unpaired) electrons. The highest BCUT2D eigenvalue weighted by Gasteiger charge is 2.20. The van der Waals surface area contributed by atoms with Crippen LogP contribution in [0, 0.1) is 6.92 Å². The molecule has 0 atom stereocenters. The molecule has 0 aliphatic carbocycles. The summed E-state index contributed by atoms with van der Waals surface area (Å²) in [6.45, 7) is 3.93. The lowest BCUT2D eigenvalue weighted by atomic mass is 10.1. The third kappa shape index (κ3) is 5.96. The van der Waals surface area contributed by atoms with E-state index in [9.17, 15) is 8.42 Å². The summed E-state index contributed by atoms with van der Waals surface area (Å²) in [7, 11) is -2.30. The number of anilines is 3. The molecule has 3 rings (SSSR count). The van der Waals surface area contributed by atoms with Crippen LogP contribution in [0.1, 0.15) is 18.1 Å². The molecule has 0 aliphatic rings. The summed E-state index contributed by atoms with van der Waals surface area (Å²) in [5.41, 5.74) is 3.68. The molecule has 31 heavy (non-hydrogen) atoms. The largest absolute Gasteiger partial charge is 0.497 e. The van der Waals surface area contributed by atoms with Crippen LogP contribution in [-0.4, -0.2) is 20.6 Å². The zero-order valence-electron chi connectivity index (χ0n) is 17.6. The number of thiocarbonyl (C=S) groups is 1. The van der Waals surface area contributed by atoms with Crippen molar-refractivity contribution in [2.24, 2.45) is 0 Å². The van der Waals surface area contributed by atoms with Crippen LogP contribution in [0.15, 0.2) is 71.6 Å². The first-order chi connectivity index (χ1) is 14.8. The third-order valence-electron chi connectivity index (χ3n) is 4.64. The Morgan fingerprint density at radius 1 is 0.935 bits per heavy atom. The van der Waals surface area contributed by atoms with Gasteiger partial charge in [0.05, 0.1) is 12.8 Å². The van der Waals surface area contributed by atoms with Crippen molar-refractivity contribution in [3.63, 3.8) is 0 Å². The van der Waals surface area contributed by atoms with Crippen LogP contribution in [0.5, 0.6) is 5.75 Å². The minimum Gasteiger partial charge on any atom is -0.497 e. The number of hydrogen-bond donors (Lipinski definition) is 3. The van der Waals surface area contributed by atoms with Crippen LogP contribution in [0.4, 0.5) is 17.1 Å². The van der Waals surface area contributed by atoms with E-state index in [1.165, 1.54) is 5.56 Å². The maximum atomic E-state index is 13.1. The monoisotopic (exact) mass is 455 g/mol. The number of ether oxygens (including phenoxy) is 1. The molecule has 0 saturated heterocycles. The highest BCUT2D eigenvalue weighted by atomic mass is 32.2. The van der Waals surface area contributed by atoms with E-state index in [-0.39, 0.29) is 4.90 Å². The van der Waals surface area contributed by atoms with Crippen LogP contribution in [0.25, 0.3) is 0 Å². The third-order valence-corrected chi connectivity index (χ3v) is 6.26. The lowest BCUT2D eigenvalue weighted by Crippen LogP contribution is -2.22. The van der Waals surface area contributed by atoms with Crippen LogP contribution >= 0.6 is 12.2 Å². The van der Waals surface area contributed by atoms with Gasteiger partial charge in [-0.15, -0.1) is 0 Å². The average molecular weight is 456 g/mol. The summed E-state index contributed by atoms with van der Waals surface area (Å²) in [5.74, 6) is 0.643.